The Morgan fingerprint density at radius 3 is 2.47 bits per heavy atom. The number of fused-ring (bicyclic) bond motifs is 1. The second-order valence-corrected chi connectivity index (χ2v) is 3.62. The molecule has 1 aromatic carbocycles. The van der Waals surface area contributed by atoms with Crippen LogP contribution >= 0.6 is 0 Å². The van der Waals surface area contributed by atoms with Crippen molar-refractivity contribution in [3.63, 3.8) is 0 Å². The normalized spacial score (nSPS) is 10.8. The van der Waals surface area contributed by atoms with Crippen molar-refractivity contribution in [3.8, 4) is 0 Å². The van der Waals surface area contributed by atoms with Gasteiger partial charge in [0.05, 0.1) is 0 Å². The van der Waals surface area contributed by atoms with Crippen LogP contribution in [0.1, 0.15) is 11.3 Å². The molecule has 0 unspecified atom stereocenters. The van der Waals surface area contributed by atoms with E-state index in [4.69, 9.17) is 11.1 Å². The number of amidine groups is 1. The first kappa shape index (κ1) is 11.4. The van der Waals surface area contributed by atoms with Gasteiger partial charge in [-0.15, -0.1) is 0 Å². The highest BCUT2D eigenvalue weighted by molar-refractivity contribution is 5.96. The van der Waals surface area contributed by atoms with Crippen LogP contribution < -0.4 is 5.73 Å². The number of nitrogens with zero attached hydrogens (tertiary/aromatic N) is 1. The molecule has 0 aliphatic rings. The summed E-state index contributed by atoms with van der Waals surface area (Å²) in [7, 11) is 0. The Morgan fingerprint density at radius 1 is 1.24 bits per heavy atom. The number of rotatable bonds is 1. The summed E-state index contributed by atoms with van der Waals surface area (Å²) in [6.07, 6.45) is 0. The van der Waals surface area contributed by atoms with Crippen molar-refractivity contribution in [2.24, 2.45) is 5.73 Å². The predicted octanol–water partition coefficient (Wildman–Crippen LogP) is 2.24. The highest BCUT2D eigenvalue weighted by Gasteiger charge is 2.17. The van der Waals surface area contributed by atoms with Crippen LogP contribution in [0.3, 0.4) is 0 Å². The Morgan fingerprint density at radius 2 is 1.88 bits per heavy atom. The van der Waals surface area contributed by atoms with Gasteiger partial charge in [-0.3, -0.25) is 5.41 Å². The van der Waals surface area contributed by atoms with Crippen LogP contribution in [0, 0.1) is 29.8 Å². The van der Waals surface area contributed by atoms with Crippen molar-refractivity contribution in [1.82, 2.24) is 4.98 Å². The average molecular weight is 239 g/mol. The number of nitrogen functional groups attached to an aromatic ring is 1. The van der Waals surface area contributed by atoms with Gasteiger partial charge in [0.25, 0.3) is 0 Å². The van der Waals surface area contributed by atoms with Gasteiger partial charge in [0.15, 0.2) is 17.5 Å². The number of benzene rings is 1. The molecule has 88 valence electrons. The molecule has 2 aromatic rings. The molecule has 0 amide bonds. The maximum atomic E-state index is 13.5. The van der Waals surface area contributed by atoms with Gasteiger partial charge in [-0.05, 0) is 24.6 Å². The highest BCUT2D eigenvalue weighted by atomic mass is 19.2. The summed E-state index contributed by atoms with van der Waals surface area (Å²) in [5.74, 6) is -4.58. The third-order valence-corrected chi connectivity index (χ3v) is 2.42. The van der Waals surface area contributed by atoms with Crippen LogP contribution in [0.4, 0.5) is 13.2 Å². The van der Waals surface area contributed by atoms with E-state index < -0.39 is 17.5 Å². The molecule has 0 aliphatic carbocycles. The van der Waals surface area contributed by atoms with Crippen molar-refractivity contribution in [3.05, 3.63) is 40.8 Å². The fourth-order valence-corrected chi connectivity index (χ4v) is 1.57. The van der Waals surface area contributed by atoms with Crippen LogP contribution in [0.2, 0.25) is 0 Å². The number of pyridine rings is 1. The molecule has 0 saturated carbocycles. The SMILES string of the molecule is Cc1cc(C(=N)N)nc2c(F)c(F)c(F)cc12. The first-order valence-electron chi connectivity index (χ1n) is 4.71. The number of halogens is 3. The van der Waals surface area contributed by atoms with E-state index in [1.165, 1.54) is 6.07 Å². The Kier molecular flexibility index (Phi) is 2.49. The molecule has 1 heterocycles. The number of aryl methyl sites for hydroxylation is 1. The molecule has 0 atom stereocenters. The third kappa shape index (κ3) is 1.71. The second-order valence-electron chi connectivity index (χ2n) is 3.62. The summed E-state index contributed by atoms with van der Waals surface area (Å²) in [6.45, 7) is 1.58. The zero-order chi connectivity index (χ0) is 12.7. The van der Waals surface area contributed by atoms with Crippen molar-refractivity contribution >= 4 is 16.7 Å². The van der Waals surface area contributed by atoms with Gasteiger partial charge in [0, 0.05) is 5.39 Å². The molecule has 1 aromatic heterocycles. The molecule has 0 aliphatic heterocycles. The summed E-state index contributed by atoms with van der Waals surface area (Å²) in [6, 6.07) is 2.29. The molecule has 6 heteroatoms. The van der Waals surface area contributed by atoms with Crippen LogP contribution in [0.25, 0.3) is 10.9 Å². The van der Waals surface area contributed by atoms with Gasteiger partial charge < -0.3 is 5.73 Å². The number of hydrogen-bond acceptors (Lipinski definition) is 2. The number of aromatic nitrogens is 1. The summed E-state index contributed by atoms with van der Waals surface area (Å²) in [5, 5.41) is 7.36. The standard InChI is InChI=1S/C11H8F3N3/c1-4-2-7(11(15)16)17-10-5(4)3-6(12)8(13)9(10)14/h2-3H,1H3,(H3,15,16). The average Bonchev–Trinajstić information content (AvgIpc) is 2.27. The van der Waals surface area contributed by atoms with Crippen LogP contribution in [0.15, 0.2) is 12.1 Å². The zero-order valence-electron chi connectivity index (χ0n) is 8.81. The largest absolute Gasteiger partial charge is 0.382 e. The molecule has 0 bridgehead atoms. The van der Waals surface area contributed by atoms with E-state index in [1.807, 2.05) is 0 Å². The minimum absolute atomic E-state index is 0.0277. The van der Waals surface area contributed by atoms with E-state index >= 15 is 0 Å². The molecular formula is C11H8F3N3. The fourth-order valence-electron chi connectivity index (χ4n) is 1.57. The lowest BCUT2D eigenvalue weighted by Gasteiger charge is -2.07. The smallest absolute Gasteiger partial charge is 0.196 e. The lowest BCUT2D eigenvalue weighted by molar-refractivity contribution is 0.452. The zero-order valence-corrected chi connectivity index (χ0v) is 8.81. The first-order valence-corrected chi connectivity index (χ1v) is 4.71. The summed E-state index contributed by atoms with van der Waals surface area (Å²) < 4.78 is 39.6. The molecule has 0 saturated heterocycles. The van der Waals surface area contributed by atoms with Crippen molar-refractivity contribution in [2.75, 3.05) is 0 Å². The van der Waals surface area contributed by atoms with Crippen LogP contribution in [-0.4, -0.2) is 10.8 Å². The topological polar surface area (TPSA) is 62.8 Å². The van der Waals surface area contributed by atoms with E-state index in [2.05, 4.69) is 4.98 Å². The molecule has 3 nitrogen and oxygen atoms in total. The number of nitrogens with two attached hydrogens (primary N) is 1. The predicted molar refractivity (Wildman–Crippen MR) is 57.4 cm³/mol. The molecular weight excluding hydrogens is 231 g/mol. The van der Waals surface area contributed by atoms with Gasteiger partial charge in [0.2, 0.25) is 0 Å². The minimum atomic E-state index is -1.58. The summed E-state index contributed by atoms with van der Waals surface area (Å²) in [5.41, 5.74) is 5.40. The molecule has 17 heavy (non-hydrogen) atoms. The number of hydrogen-bond donors (Lipinski definition) is 2. The molecule has 0 fully saturated rings. The molecule has 3 N–H and O–H groups in total. The Balaban J connectivity index is 2.92. The molecule has 0 radical (unpaired) electrons. The lowest BCUT2D eigenvalue weighted by Crippen LogP contribution is -2.14. The van der Waals surface area contributed by atoms with Gasteiger partial charge in [-0.25, -0.2) is 18.2 Å². The van der Waals surface area contributed by atoms with Crippen LogP contribution in [-0.2, 0) is 0 Å². The Labute approximate surface area is 94.6 Å². The van der Waals surface area contributed by atoms with E-state index in [9.17, 15) is 13.2 Å². The monoisotopic (exact) mass is 239 g/mol. The van der Waals surface area contributed by atoms with Gasteiger partial charge >= 0.3 is 0 Å². The van der Waals surface area contributed by atoms with Crippen molar-refractivity contribution < 1.29 is 13.2 Å². The Hall–Kier alpha value is -2.11. The summed E-state index contributed by atoms with van der Waals surface area (Å²) in [4.78, 5) is 3.71. The summed E-state index contributed by atoms with van der Waals surface area (Å²) >= 11 is 0. The minimum Gasteiger partial charge on any atom is -0.382 e. The number of nitrogens with one attached hydrogen (secondary N) is 1. The van der Waals surface area contributed by atoms with E-state index in [0.717, 1.165) is 6.07 Å². The van der Waals surface area contributed by atoms with Crippen molar-refractivity contribution in [1.29, 1.82) is 5.41 Å². The van der Waals surface area contributed by atoms with Gasteiger partial charge in [0.1, 0.15) is 17.0 Å². The maximum Gasteiger partial charge on any atom is 0.196 e. The van der Waals surface area contributed by atoms with Gasteiger partial charge in [-0.2, -0.15) is 0 Å². The van der Waals surface area contributed by atoms with Crippen molar-refractivity contribution in [2.45, 2.75) is 6.92 Å². The third-order valence-electron chi connectivity index (χ3n) is 2.42. The maximum absolute atomic E-state index is 13.5. The van der Waals surface area contributed by atoms with E-state index in [0.29, 0.717) is 5.56 Å². The first-order chi connectivity index (χ1) is 7.91. The Bertz CT molecular complexity index is 638. The molecule has 0 spiro atoms. The fraction of sp³-hybridized carbons (Fsp3) is 0.0909. The second kappa shape index (κ2) is 3.73. The van der Waals surface area contributed by atoms with Crippen LogP contribution in [0.5, 0.6) is 0 Å². The quantitative estimate of drug-likeness (QED) is 0.455. The van der Waals surface area contributed by atoms with Gasteiger partial charge in [-0.1, -0.05) is 0 Å². The lowest BCUT2D eigenvalue weighted by atomic mass is 10.1. The van der Waals surface area contributed by atoms with E-state index in [1.54, 1.807) is 6.92 Å². The highest BCUT2D eigenvalue weighted by Crippen LogP contribution is 2.24. The van der Waals surface area contributed by atoms with E-state index in [-0.39, 0.29) is 22.4 Å². The molecule has 2 rings (SSSR count).